The lowest BCUT2D eigenvalue weighted by molar-refractivity contribution is 1.01. The van der Waals surface area contributed by atoms with Crippen molar-refractivity contribution in [3.63, 3.8) is 0 Å². The van der Waals surface area contributed by atoms with Crippen LogP contribution in [-0.2, 0) is 0 Å². The predicted octanol–water partition coefficient (Wildman–Crippen LogP) is 8.88. The van der Waals surface area contributed by atoms with Gasteiger partial charge in [-0.15, -0.1) is 5.10 Å². The number of rotatable bonds is 3. The fourth-order valence-electron chi connectivity index (χ4n) is 5.48. The van der Waals surface area contributed by atoms with Crippen LogP contribution in [0.1, 0.15) is 0 Å². The lowest BCUT2D eigenvalue weighted by Gasteiger charge is -2.11. The number of hydrogen-bond acceptors (Lipinski definition) is 4. The molecule has 4 heteroatoms. The van der Waals surface area contributed by atoms with E-state index in [4.69, 9.17) is 9.97 Å². The first-order valence-corrected chi connectivity index (χ1v) is 13.3. The third-order valence-corrected chi connectivity index (χ3v) is 7.53. The Kier molecular flexibility index (Phi) is 5.10. The van der Waals surface area contributed by atoms with E-state index in [0.29, 0.717) is 11.5 Å². The molecule has 0 aliphatic rings. The van der Waals surface area contributed by atoms with E-state index < -0.39 is 0 Å². The van der Waals surface area contributed by atoms with E-state index in [0.717, 1.165) is 22.5 Å². The van der Waals surface area contributed by atoms with Gasteiger partial charge in [-0.25, -0.2) is 9.97 Å². The highest BCUT2D eigenvalue weighted by Gasteiger charge is 2.13. The summed E-state index contributed by atoms with van der Waals surface area (Å²) in [6.45, 7) is 0. The molecule has 6 aromatic carbocycles. The third kappa shape index (κ3) is 3.94. The largest absolute Gasteiger partial charge is 0.226 e. The standard InChI is InChI=1S/C36H22N4/c1-3-8-25-18-31-20-29(13-11-27(31)16-23(25)6-1)34-22-35(39-36(38-34)33-10-5-15-37-40-33)30-14-12-28-17-24-7-2-4-9-26(24)19-32(28)21-30/h1-22H. The summed E-state index contributed by atoms with van der Waals surface area (Å²) in [5.74, 6) is 0.554. The number of aromatic nitrogens is 4. The van der Waals surface area contributed by atoms with Crippen LogP contribution >= 0.6 is 0 Å². The van der Waals surface area contributed by atoms with Gasteiger partial charge in [0, 0.05) is 17.3 Å². The van der Waals surface area contributed by atoms with E-state index in [9.17, 15) is 0 Å². The van der Waals surface area contributed by atoms with E-state index in [1.165, 1.54) is 43.1 Å². The van der Waals surface area contributed by atoms with Gasteiger partial charge < -0.3 is 0 Å². The van der Waals surface area contributed by atoms with Crippen molar-refractivity contribution in [3.05, 3.63) is 134 Å². The Labute approximate surface area is 230 Å². The van der Waals surface area contributed by atoms with Gasteiger partial charge in [-0.1, -0.05) is 72.8 Å². The lowest BCUT2D eigenvalue weighted by atomic mass is 9.98. The predicted molar refractivity (Wildman–Crippen MR) is 164 cm³/mol. The molecule has 4 nitrogen and oxygen atoms in total. The highest BCUT2D eigenvalue weighted by molar-refractivity contribution is 6.01. The van der Waals surface area contributed by atoms with Crippen LogP contribution in [0.4, 0.5) is 0 Å². The molecule has 0 aliphatic carbocycles. The second-order valence-corrected chi connectivity index (χ2v) is 10.1. The van der Waals surface area contributed by atoms with Gasteiger partial charge in [0.1, 0.15) is 5.69 Å². The molecular formula is C36H22N4. The van der Waals surface area contributed by atoms with E-state index >= 15 is 0 Å². The zero-order chi connectivity index (χ0) is 26.5. The van der Waals surface area contributed by atoms with E-state index in [1.807, 2.05) is 12.1 Å². The molecule has 0 saturated heterocycles. The van der Waals surface area contributed by atoms with Crippen molar-refractivity contribution in [2.75, 3.05) is 0 Å². The van der Waals surface area contributed by atoms with Crippen molar-refractivity contribution in [3.8, 4) is 34.0 Å². The molecule has 8 aromatic rings. The molecule has 0 atom stereocenters. The summed E-state index contributed by atoms with van der Waals surface area (Å²) in [4.78, 5) is 9.92. The average molecular weight is 511 g/mol. The average Bonchev–Trinajstić information content (AvgIpc) is 3.02. The van der Waals surface area contributed by atoms with Gasteiger partial charge in [0.2, 0.25) is 0 Å². The van der Waals surface area contributed by atoms with Crippen LogP contribution in [-0.4, -0.2) is 20.2 Å². The highest BCUT2D eigenvalue weighted by Crippen LogP contribution is 2.32. The van der Waals surface area contributed by atoms with Crippen molar-refractivity contribution >= 4 is 43.1 Å². The molecule has 0 amide bonds. The summed E-state index contributed by atoms with van der Waals surface area (Å²) in [5, 5.41) is 18.1. The SMILES string of the molecule is c1cnnc(-c2nc(-c3ccc4cc5ccccc5cc4c3)cc(-c3ccc4cc5ccccc5cc4c3)n2)c1. The Hall–Kier alpha value is -5.48. The fourth-order valence-corrected chi connectivity index (χ4v) is 5.48. The van der Waals surface area contributed by atoms with Gasteiger partial charge in [0.05, 0.1) is 11.4 Å². The molecule has 0 fully saturated rings. The molecule has 186 valence electrons. The van der Waals surface area contributed by atoms with Crippen molar-refractivity contribution in [1.29, 1.82) is 0 Å². The molecular weight excluding hydrogens is 488 g/mol. The third-order valence-electron chi connectivity index (χ3n) is 7.53. The number of fused-ring (bicyclic) bond motifs is 4. The number of benzene rings is 6. The maximum Gasteiger partial charge on any atom is 0.181 e. The van der Waals surface area contributed by atoms with Gasteiger partial charge in [-0.2, -0.15) is 5.10 Å². The Balaban J connectivity index is 1.31. The molecule has 0 saturated carbocycles. The Bertz CT molecular complexity index is 2080. The summed E-state index contributed by atoms with van der Waals surface area (Å²) < 4.78 is 0. The van der Waals surface area contributed by atoms with Gasteiger partial charge in [0.25, 0.3) is 0 Å². The van der Waals surface area contributed by atoms with Crippen LogP contribution in [0.2, 0.25) is 0 Å². The smallest absolute Gasteiger partial charge is 0.181 e. The summed E-state index contributed by atoms with van der Waals surface area (Å²) in [6, 6.07) is 44.7. The highest BCUT2D eigenvalue weighted by atomic mass is 15.1. The number of hydrogen-bond donors (Lipinski definition) is 0. The first kappa shape index (κ1) is 22.5. The zero-order valence-corrected chi connectivity index (χ0v) is 21.5. The summed E-state index contributed by atoms with van der Waals surface area (Å²) in [7, 11) is 0. The minimum Gasteiger partial charge on any atom is -0.226 e. The van der Waals surface area contributed by atoms with Crippen molar-refractivity contribution in [2.45, 2.75) is 0 Å². The Morgan fingerprint density at radius 2 is 0.825 bits per heavy atom. The molecule has 0 N–H and O–H groups in total. The molecule has 0 aliphatic heterocycles. The minimum atomic E-state index is 0.554. The monoisotopic (exact) mass is 510 g/mol. The van der Waals surface area contributed by atoms with Gasteiger partial charge >= 0.3 is 0 Å². The van der Waals surface area contributed by atoms with E-state index in [1.54, 1.807) is 6.20 Å². The summed E-state index contributed by atoms with van der Waals surface area (Å²) in [6.07, 6.45) is 1.66. The molecule has 0 radical (unpaired) electrons. The van der Waals surface area contributed by atoms with Crippen LogP contribution in [0.15, 0.2) is 134 Å². The first-order valence-electron chi connectivity index (χ1n) is 13.3. The van der Waals surface area contributed by atoms with Crippen LogP contribution in [0, 0.1) is 0 Å². The molecule has 8 rings (SSSR count). The molecule has 2 aromatic heterocycles. The minimum absolute atomic E-state index is 0.554. The number of nitrogens with zero attached hydrogens (tertiary/aromatic N) is 4. The Morgan fingerprint density at radius 3 is 1.30 bits per heavy atom. The Morgan fingerprint density at radius 1 is 0.350 bits per heavy atom. The van der Waals surface area contributed by atoms with Crippen LogP contribution in [0.25, 0.3) is 77.1 Å². The topological polar surface area (TPSA) is 51.6 Å². The van der Waals surface area contributed by atoms with E-state index in [-0.39, 0.29) is 0 Å². The second kappa shape index (κ2) is 9.07. The fraction of sp³-hybridized carbons (Fsp3) is 0. The van der Waals surface area contributed by atoms with Crippen LogP contribution in [0.3, 0.4) is 0 Å². The van der Waals surface area contributed by atoms with Gasteiger partial charge in [-0.05, 0) is 97.7 Å². The molecule has 2 heterocycles. The first-order chi connectivity index (χ1) is 19.8. The molecule has 0 bridgehead atoms. The van der Waals surface area contributed by atoms with Gasteiger partial charge in [-0.3, -0.25) is 0 Å². The molecule has 40 heavy (non-hydrogen) atoms. The van der Waals surface area contributed by atoms with Crippen LogP contribution in [0.5, 0.6) is 0 Å². The van der Waals surface area contributed by atoms with Crippen molar-refractivity contribution < 1.29 is 0 Å². The molecule has 0 spiro atoms. The summed E-state index contributed by atoms with van der Waals surface area (Å²) >= 11 is 0. The van der Waals surface area contributed by atoms with E-state index in [2.05, 4.69) is 125 Å². The summed E-state index contributed by atoms with van der Waals surface area (Å²) in [5.41, 5.74) is 4.40. The lowest BCUT2D eigenvalue weighted by Crippen LogP contribution is -1.98. The van der Waals surface area contributed by atoms with Crippen molar-refractivity contribution in [1.82, 2.24) is 20.2 Å². The normalized spacial score (nSPS) is 11.5. The molecule has 0 unspecified atom stereocenters. The van der Waals surface area contributed by atoms with Crippen LogP contribution < -0.4 is 0 Å². The van der Waals surface area contributed by atoms with Crippen molar-refractivity contribution in [2.24, 2.45) is 0 Å². The maximum absolute atomic E-state index is 4.96. The maximum atomic E-state index is 4.96. The van der Waals surface area contributed by atoms with Gasteiger partial charge in [0.15, 0.2) is 5.82 Å². The zero-order valence-electron chi connectivity index (χ0n) is 21.5. The second-order valence-electron chi connectivity index (χ2n) is 10.1. The quantitative estimate of drug-likeness (QED) is 0.223.